The van der Waals surface area contributed by atoms with Crippen molar-refractivity contribution in [2.75, 3.05) is 5.75 Å². The Morgan fingerprint density at radius 1 is 1.35 bits per heavy atom. The lowest BCUT2D eigenvalue weighted by atomic mass is 10.2. The SMILES string of the molecule is Cc1cc(SCC(=O)NN=Cc2cccs2)c2ccccc2n1. The number of fused-ring (bicyclic) bond motifs is 1. The predicted octanol–water partition coefficient (Wildman–Crippen LogP) is 3.85. The summed E-state index contributed by atoms with van der Waals surface area (Å²) in [6.07, 6.45) is 1.65. The highest BCUT2D eigenvalue weighted by molar-refractivity contribution is 8.00. The summed E-state index contributed by atoms with van der Waals surface area (Å²) in [5, 5.41) is 7.00. The Hall–Kier alpha value is -2.18. The molecule has 0 saturated heterocycles. The third-order valence-corrected chi connectivity index (χ3v) is 4.95. The van der Waals surface area contributed by atoms with Crippen LogP contribution in [0.25, 0.3) is 10.9 Å². The number of carbonyl (C=O) groups is 1. The Balaban J connectivity index is 1.63. The van der Waals surface area contributed by atoms with Gasteiger partial charge in [0.2, 0.25) is 5.91 Å². The van der Waals surface area contributed by atoms with Crippen LogP contribution in [0.3, 0.4) is 0 Å². The number of pyridine rings is 1. The van der Waals surface area contributed by atoms with Crippen molar-refractivity contribution < 1.29 is 4.79 Å². The largest absolute Gasteiger partial charge is 0.272 e. The van der Waals surface area contributed by atoms with Crippen LogP contribution in [-0.2, 0) is 4.79 Å². The molecule has 116 valence electrons. The zero-order valence-corrected chi connectivity index (χ0v) is 14.2. The number of thioether (sulfide) groups is 1. The quantitative estimate of drug-likeness (QED) is 0.436. The molecule has 0 fully saturated rings. The molecule has 0 radical (unpaired) electrons. The Morgan fingerprint density at radius 2 is 2.22 bits per heavy atom. The summed E-state index contributed by atoms with van der Waals surface area (Å²) in [5.41, 5.74) is 4.45. The molecule has 23 heavy (non-hydrogen) atoms. The summed E-state index contributed by atoms with van der Waals surface area (Å²) in [4.78, 5) is 18.5. The Bertz CT molecular complexity index is 844. The highest BCUT2D eigenvalue weighted by Crippen LogP contribution is 2.27. The van der Waals surface area contributed by atoms with Gasteiger partial charge in [-0.3, -0.25) is 9.78 Å². The first-order chi connectivity index (χ1) is 11.2. The van der Waals surface area contributed by atoms with Gasteiger partial charge in [0.05, 0.1) is 17.5 Å². The first-order valence-corrected chi connectivity index (χ1v) is 8.93. The molecule has 1 aromatic carbocycles. The number of nitrogens with zero attached hydrogens (tertiary/aromatic N) is 2. The average molecular weight is 341 g/mol. The molecular formula is C17H15N3OS2. The molecule has 2 heterocycles. The second-order valence-electron chi connectivity index (χ2n) is 4.88. The smallest absolute Gasteiger partial charge is 0.250 e. The Labute approximate surface area is 142 Å². The third-order valence-electron chi connectivity index (χ3n) is 3.09. The number of amides is 1. The molecule has 6 heteroatoms. The van der Waals surface area contributed by atoms with E-state index in [-0.39, 0.29) is 5.91 Å². The van der Waals surface area contributed by atoms with E-state index in [2.05, 4.69) is 15.5 Å². The van der Waals surface area contributed by atoms with Gasteiger partial charge in [-0.15, -0.1) is 23.1 Å². The lowest BCUT2D eigenvalue weighted by molar-refractivity contribution is -0.118. The number of thiophene rings is 1. The molecule has 0 spiro atoms. The number of aryl methyl sites for hydroxylation is 1. The molecule has 2 aromatic heterocycles. The molecule has 1 N–H and O–H groups in total. The molecule has 0 aliphatic rings. The maximum absolute atomic E-state index is 11.9. The van der Waals surface area contributed by atoms with Gasteiger partial charge in [-0.2, -0.15) is 5.10 Å². The molecule has 4 nitrogen and oxygen atoms in total. The van der Waals surface area contributed by atoms with Crippen LogP contribution in [0.15, 0.2) is 57.8 Å². The van der Waals surface area contributed by atoms with E-state index in [0.29, 0.717) is 5.75 Å². The minimum Gasteiger partial charge on any atom is -0.272 e. The van der Waals surface area contributed by atoms with Crippen LogP contribution < -0.4 is 5.43 Å². The van der Waals surface area contributed by atoms with Gasteiger partial charge >= 0.3 is 0 Å². The number of para-hydroxylation sites is 1. The molecule has 3 rings (SSSR count). The number of rotatable bonds is 5. The summed E-state index contributed by atoms with van der Waals surface area (Å²) in [7, 11) is 0. The predicted molar refractivity (Wildman–Crippen MR) is 97.3 cm³/mol. The fraction of sp³-hybridized carbons (Fsp3) is 0.118. The molecule has 0 unspecified atom stereocenters. The second-order valence-corrected chi connectivity index (χ2v) is 6.87. The van der Waals surface area contributed by atoms with Gasteiger partial charge in [0.25, 0.3) is 0 Å². The second kappa shape index (κ2) is 7.39. The number of nitrogens with one attached hydrogen (secondary N) is 1. The van der Waals surface area contributed by atoms with Crippen molar-refractivity contribution >= 4 is 46.1 Å². The standard InChI is InChI=1S/C17H15N3OS2/c1-12-9-16(14-6-2-3-7-15(14)19-12)23-11-17(21)20-18-10-13-5-4-8-22-13/h2-10H,11H2,1H3,(H,20,21). The summed E-state index contributed by atoms with van der Waals surface area (Å²) in [6, 6.07) is 13.9. The number of aromatic nitrogens is 1. The van der Waals surface area contributed by atoms with Crippen LogP contribution in [0.5, 0.6) is 0 Å². The molecule has 1 amide bonds. The van der Waals surface area contributed by atoms with E-state index in [1.165, 1.54) is 11.8 Å². The first kappa shape index (κ1) is 15.7. The van der Waals surface area contributed by atoms with Gasteiger partial charge in [0.15, 0.2) is 0 Å². The van der Waals surface area contributed by atoms with Gasteiger partial charge < -0.3 is 0 Å². The van der Waals surface area contributed by atoms with E-state index in [1.54, 1.807) is 17.6 Å². The van der Waals surface area contributed by atoms with Crippen molar-refractivity contribution in [2.45, 2.75) is 11.8 Å². The van der Waals surface area contributed by atoms with Gasteiger partial charge in [0.1, 0.15) is 0 Å². The number of hydrogen-bond donors (Lipinski definition) is 1. The fourth-order valence-corrected chi connectivity index (χ4v) is 3.61. The minimum absolute atomic E-state index is 0.124. The molecule has 0 bridgehead atoms. The number of hydrogen-bond acceptors (Lipinski definition) is 5. The van der Waals surface area contributed by atoms with Gasteiger partial charge in [0, 0.05) is 20.9 Å². The summed E-state index contributed by atoms with van der Waals surface area (Å²) in [5.74, 6) is 0.191. The van der Waals surface area contributed by atoms with Crippen molar-refractivity contribution in [1.29, 1.82) is 0 Å². The van der Waals surface area contributed by atoms with Crippen LogP contribution in [0.4, 0.5) is 0 Å². The van der Waals surface area contributed by atoms with E-state index in [9.17, 15) is 4.79 Å². The summed E-state index contributed by atoms with van der Waals surface area (Å²) in [6.45, 7) is 1.96. The normalized spacial score (nSPS) is 11.2. The first-order valence-electron chi connectivity index (χ1n) is 7.07. The molecular weight excluding hydrogens is 326 g/mol. The minimum atomic E-state index is -0.124. The van der Waals surface area contributed by atoms with E-state index in [1.807, 2.05) is 54.8 Å². The van der Waals surface area contributed by atoms with E-state index in [0.717, 1.165) is 26.4 Å². The number of hydrazone groups is 1. The zero-order chi connectivity index (χ0) is 16.1. The van der Waals surface area contributed by atoms with E-state index >= 15 is 0 Å². The number of benzene rings is 1. The molecule has 0 saturated carbocycles. The van der Waals surface area contributed by atoms with Crippen molar-refractivity contribution in [1.82, 2.24) is 10.4 Å². The highest BCUT2D eigenvalue weighted by atomic mass is 32.2. The molecule has 0 aliphatic heterocycles. The third kappa shape index (κ3) is 4.18. The molecule has 3 aromatic rings. The fourth-order valence-electron chi connectivity index (χ4n) is 2.10. The highest BCUT2D eigenvalue weighted by Gasteiger charge is 2.07. The van der Waals surface area contributed by atoms with Crippen molar-refractivity contribution in [2.24, 2.45) is 5.10 Å². The average Bonchev–Trinajstić information content (AvgIpc) is 3.06. The van der Waals surface area contributed by atoms with Gasteiger partial charge in [-0.25, -0.2) is 5.43 Å². The molecule has 0 aliphatic carbocycles. The monoisotopic (exact) mass is 341 g/mol. The van der Waals surface area contributed by atoms with Crippen molar-refractivity contribution in [3.05, 3.63) is 58.4 Å². The van der Waals surface area contributed by atoms with Crippen molar-refractivity contribution in [3.63, 3.8) is 0 Å². The van der Waals surface area contributed by atoms with E-state index in [4.69, 9.17) is 0 Å². The molecule has 0 atom stereocenters. The Morgan fingerprint density at radius 3 is 3.04 bits per heavy atom. The zero-order valence-electron chi connectivity index (χ0n) is 12.5. The lowest BCUT2D eigenvalue weighted by Gasteiger charge is -2.07. The van der Waals surface area contributed by atoms with Gasteiger partial charge in [-0.1, -0.05) is 24.3 Å². The van der Waals surface area contributed by atoms with Crippen LogP contribution in [-0.4, -0.2) is 22.9 Å². The van der Waals surface area contributed by atoms with Crippen LogP contribution in [0, 0.1) is 6.92 Å². The van der Waals surface area contributed by atoms with Crippen LogP contribution in [0.1, 0.15) is 10.6 Å². The lowest BCUT2D eigenvalue weighted by Crippen LogP contribution is -2.19. The van der Waals surface area contributed by atoms with Crippen LogP contribution >= 0.6 is 23.1 Å². The maximum Gasteiger partial charge on any atom is 0.250 e. The van der Waals surface area contributed by atoms with Crippen molar-refractivity contribution in [3.8, 4) is 0 Å². The van der Waals surface area contributed by atoms with E-state index < -0.39 is 0 Å². The topological polar surface area (TPSA) is 54.4 Å². The maximum atomic E-state index is 11.9. The summed E-state index contributed by atoms with van der Waals surface area (Å²) >= 11 is 3.07. The summed E-state index contributed by atoms with van der Waals surface area (Å²) < 4.78 is 0. The van der Waals surface area contributed by atoms with Crippen LogP contribution in [0.2, 0.25) is 0 Å². The number of carbonyl (C=O) groups excluding carboxylic acids is 1. The Kier molecular flexibility index (Phi) is 5.05. The van der Waals surface area contributed by atoms with Gasteiger partial charge in [-0.05, 0) is 30.5 Å².